The molecule has 0 saturated carbocycles. The van der Waals surface area contributed by atoms with Gasteiger partial charge in [-0.1, -0.05) is 61.5 Å². The van der Waals surface area contributed by atoms with Crippen LogP contribution in [0, 0.1) is 11.6 Å². The first-order valence-electron chi connectivity index (χ1n) is 12.0. The van der Waals surface area contributed by atoms with Gasteiger partial charge in [0.1, 0.15) is 11.6 Å². The highest BCUT2D eigenvalue weighted by Gasteiger charge is 2.41. The number of aliphatic hydroxyl groups is 1. The van der Waals surface area contributed by atoms with E-state index in [1.807, 2.05) is 47.4 Å². The lowest BCUT2D eigenvalue weighted by Gasteiger charge is -2.44. The van der Waals surface area contributed by atoms with Crippen molar-refractivity contribution < 1.29 is 18.7 Å². The summed E-state index contributed by atoms with van der Waals surface area (Å²) in [5.74, 6) is -1.07. The second kappa shape index (κ2) is 10.5. The van der Waals surface area contributed by atoms with Crippen molar-refractivity contribution in [1.82, 2.24) is 4.90 Å². The quantitative estimate of drug-likeness (QED) is 0.419. The zero-order valence-electron chi connectivity index (χ0n) is 19.5. The molecule has 1 heterocycles. The number of hydrogen-bond acceptors (Lipinski definition) is 2. The number of halogens is 2. The van der Waals surface area contributed by atoms with Crippen LogP contribution in [0.3, 0.4) is 0 Å². The van der Waals surface area contributed by atoms with Crippen molar-refractivity contribution in [2.75, 3.05) is 13.2 Å². The maximum Gasteiger partial charge on any atom is 0.223 e. The van der Waals surface area contributed by atoms with Crippen LogP contribution >= 0.6 is 0 Å². The monoisotopic (exact) mass is 463 g/mol. The van der Waals surface area contributed by atoms with Gasteiger partial charge in [-0.25, -0.2) is 8.78 Å². The number of hydrogen-bond donors (Lipinski definition) is 1. The Morgan fingerprint density at radius 3 is 2.38 bits per heavy atom. The van der Waals surface area contributed by atoms with E-state index in [0.29, 0.717) is 30.5 Å². The molecule has 4 rings (SSSR count). The van der Waals surface area contributed by atoms with E-state index in [4.69, 9.17) is 0 Å². The van der Waals surface area contributed by atoms with Crippen molar-refractivity contribution in [3.63, 3.8) is 0 Å². The Hall–Kier alpha value is -3.05. The molecule has 0 spiro atoms. The summed E-state index contributed by atoms with van der Waals surface area (Å²) in [6, 6.07) is 21.2. The van der Waals surface area contributed by atoms with Crippen LogP contribution in [0.1, 0.15) is 56.2 Å². The molecule has 0 radical (unpaired) electrons. The number of nitrogens with zero attached hydrogens (tertiary/aromatic N) is 1. The van der Waals surface area contributed by atoms with E-state index in [0.717, 1.165) is 36.5 Å². The Bertz CT molecular complexity index is 1120. The minimum Gasteiger partial charge on any atom is -0.396 e. The Morgan fingerprint density at radius 2 is 1.76 bits per heavy atom. The average molecular weight is 464 g/mol. The first-order valence-corrected chi connectivity index (χ1v) is 12.0. The number of amides is 1. The van der Waals surface area contributed by atoms with Crippen LogP contribution in [-0.4, -0.2) is 29.1 Å². The van der Waals surface area contributed by atoms with Crippen LogP contribution in [0.5, 0.6) is 0 Å². The third kappa shape index (κ3) is 4.90. The number of carbonyl (C=O) groups excluding carboxylic acids is 1. The second-order valence-electron chi connectivity index (χ2n) is 9.16. The maximum absolute atomic E-state index is 14.2. The molecule has 1 aliphatic heterocycles. The summed E-state index contributed by atoms with van der Waals surface area (Å²) in [4.78, 5) is 15.4. The number of benzene rings is 3. The highest BCUT2D eigenvalue weighted by Crippen LogP contribution is 2.42. The average Bonchev–Trinajstić information content (AvgIpc) is 2.85. The number of likely N-dealkylation sites (tertiary alicyclic amines) is 1. The smallest absolute Gasteiger partial charge is 0.223 e. The molecule has 1 saturated heterocycles. The van der Waals surface area contributed by atoms with Crippen molar-refractivity contribution in [3.8, 4) is 11.1 Å². The molecule has 1 N–H and O–H groups in total. The van der Waals surface area contributed by atoms with E-state index in [-0.39, 0.29) is 24.0 Å². The zero-order chi connectivity index (χ0) is 24.1. The van der Waals surface area contributed by atoms with E-state index >= 15 is 0 Å². The Labute approximate surface area is 200 Å². The minimum absolute atomic E-state index is 0.0637. The van der Waals surface area contributed by atoms with Gasteiger partial charge in [-0.15, -0.1) is 0 Å². The van der Waals surface area contributed by atoms with Crippen LogP contribution in [0.25, 0.3) is 11.1 Å². The molecule has 0 aliphatic carbocycles. The van der Waals surface area contributed by atoms with E-state index in [2.05, 4.69) is 19.1 Å². The second-order valence-corrected chi connectivity index (χ2v) is 9.16. The molecule has 2 atom stereocenters. The molecule has 3 aromatic rings. The lowest BCUT2D eigenvalue weighted by Crippen LogP contribution is -2.47. The maximum atomic E-state index is 14.2. The van der Waals surface area contributed by atoms with Crippen molar-refractivity contribution in [1.29, 1.82) is 0 Å². The van der Waals surface area contributed by atoms with E-state index in [9.17, 15) is 18.7 Å². The van der Waals surface area contributed by atoms with Gasteiger partial charge in [0.15, 0.2) is 0 Å². The van der Waals surface area contributed by atoms with Crippen LogP contribution in [-0.2, 0) is 10.2 Å². The molecule has 5 heteroatoms. The van der Waals surface area contributed by atoms with E-state index in [1.165, 1.54) is 12.1 Å². The summed E-state index contributed by atoms with van der Waals surface area (Å²) < 4.78 is 27.5. The van der Waals surface area contributed by atoms with Crippen LogP contribution in [0.2, 0.25) is 0 Å². The van der Waals surface area contributed by atoms with E-state index in [1.54, 1.807) is 0 Å². The SMILES string of the molecule is CC[C@@H](c1ccc(-c2ccc(F)cc2F)cc1)N1CC[C@](CCCO)(c2ccccc2)CC1=O. The van der Waals surface area contributed by atoms with Gasteiger partial charge in [0.2, 0.25) is 5.91 Å². The predicted octanol–water partition coefficient (Wildman–Crippen LogP) is 6.42. The molecule has 34 heavy (non-hydrogen) atoms. The third-order valence-electron chi connectivity index (χ3n) is 7.14. The van der Waals surface area contributed by atoms with Gasteiger partial charge in [0.25, 0.3) is 0 Å². The number of carbonyl (C=O) groups is 1. The summed E-state index contributed by atoms with van der Waals surface area (Å²) in [5, 5.41) is 9.45. The number of aliphatic hydroxyl groups excluding tert-OH is 1. The molecule has 1 aliphatic rings. The first-order chi connectivity index (χ1) is 16.5. The molecule has 0 aromatic heterocycles. The predicted molar refractivity (Wildman–Crippen MR) is 130 cm³/mol. The van der Waals surface area contributed by atoms with Crippen LogP contribution in [0.15, 0.2) is 72.8 Å². The molecule has 1 amide bonds. The molecule has 1 fully saturated rings. The van der Waals surface area contributed by atoms with Crippen molar-refractivity contribution in [2.24, 2.45) is 0 Å². The highest BCUT2D eigenvalue weighted by atomic mass is 19.1. The summed E-state index contributed by atoms with van der Waals surface area (Å²) in [6.07, 6.45) is 3.48. The standard InChI is InChI=1S/C29H31F2NO2/c1-2-27(22-11-9-21(10-12-22)25-14-13-24(30)19-26(25)31)32-17-16-29(15-6-18-33,20-28(32)34)23-7-4-3-5-8-23/h3-5,7-14,19,27,33H,2,6,15-18,20H2,1H3/t27-,29-/m0/s1. The molecule has 0 unspecified atom stereocenters. The van der Waals surface area contributed by atoms with Crippen LogP contribution in [0.4, 0.5) is 8.78 Å². The molecule has 3 aromatic carbocycles. The summed E-state index contributed by atoms with van der Waals surface area (Å²) >= 11 is 0. The fourth-order valence-electron chi connectivity index (χ4n) is 5.33. The van der Waals surface area contributed by atoms with Crippen molar-refractivity contribution in [3.05, 3.63) is 95.6 Å². The third-order valence-corrected chi connectivity index (χ3v) is 7.14. The molecule has 178 valence electrons. The fourth-order valence-corrected chi connectivity index (χ4v) is 5.33. The van der Waals surface area contributed by atoms with Gasteiger partial charge >= 0.3 is 0 Å². The molecule has 3 nitrogen and oxygen atoms in total. The van der Waals surface area contributed by atoms with Gasteiger partial charge in [-0.2, -0.15) is 0 Å². The van der Waals surface area contributed by atoms with Crippen LogP contribution < -0.4 is 0 Å². The number of rotatable bonds is 8. The van der Waals surface area contributed by atoms with Gasteiger partial charge in [0, 0.05) is 36.6 Å². The summed E-state index contributed by atoms with van der Waals surface area (Å²) in [5.41, 5.74) is 2.94. The first kappa shape index (κ1) is 24.1. The Kier molecular flexibility index (Phi) is 7.42. The largest absolute Gasteiger partial charge is 0.396 e. The van der Waals surface area contributed by atoms with Crippen molar-refractivity contribution >= 4 is 5.91 Å². The molecular formula is C29H31F2NO2. The lowest BCUT2D eigenvalue weighted by molar-refractivity contribution is -0.139. The fraction of sp³-hybridized carbons (Fsp3) is 0.345. The van der Waals surface area contributed by atoms with Gasteiger partial charge < -0.3 is 10.0 Å². The zero-order valence-corrected chi connectivity index (χ0v) is 19.5. The highest BCUT2D eigenvalue weighted by molar-refractivity contribution is 5.79. The topological polar surface area (TPSA) is 40.5 Å². The molecule has 0 bridgehead atoms. The normalized spacial score (nSPS) is 19.3. The molecular weight excluding hydrogens is 432 g/mol. The summed E-state index contributed by atoms with van der Waals surface area (Å²) in [6.45, 7) is 2.83. The Morgan fingerprint density at radius 1 is 1.03 bits per heavy atom. The number of piperidine rings is 1. The Balaban J connectivity index is 1.55. The summed E-state index contributed by atoms with van der Waals surface area (Å²) in [7, 11) is 0. The van der Waals surface area contributed by atoms with Gasteiger partial charge in [-0.05, 0) is 54.5 Å². The van der Waals surface area contributed by atoms with Crippen molar-refractivity contribution in [2.45, 2.75) is 50.5 Å². The van der Waals surface area contributed by atoms with Gasteiger partial charge in [0.05, 0.1) is 6.04 Å². The van der Waals surface area contributed by atoms with E-state index < -0.39 is 11.6 Å². The lowest BCUT2D eigenvalue weighted by atomic mass is 9.69. The van der Waals surface area contributed by atoms with Gasteiger partial charge in [-0.3, -0.25) is 4.79 Å². The minimum atomic E-state index is -0.599.